The number of benzene rings is 1. The summed E-state index contributed by atoms with van der Waals surface area (Å²) in [5.41, 5.74) is 1.81. The molecule has 1 N–H and O–H groups in total. The smallest absolute Gasteiger partial charge is 0.262 e. The molecule has 154 valence electrons. The summed E-state index contributed by atoms with van der Waals surface area (Å²) in [6, 6.07) is 9.37. The van der Waals surface area contributed by atoms with E-state index < -0.39 is 9.84 Å². The first-order valence-electron chi connectivity index (χ1n) is 9.87. The van der Waals surface area contributed by atoms with Crippen molar-refractivity contribution in [2.45, 2.75) is 56.4 Å². The minimum absolute atomic E-state index is 0.179. The van der Waals surface area contributed by atoms with Crippen molar-refractivity contribution in [2.24, 2.45) is 5.92 Å². The molecule has 2 heterocycles. The Morgan fingerprint density at radius 2 is 1.93 bits per heavy atom. The summed E-state index contributed by atoms with van der Waals surface area (Å²) in [6.45, 7) is 1.75. The number of hydrogen-bond acceptors (Lipinski definition) is 5. The molecule has 0 radical (unpaired) electrons. The maximum absolute atomic E-state index is 12.9. The summed E-state index contributed by atoms with van der Waals surface area (Å²) in [6.07, 6.45) is 6.82. The van der Waals surface area contributed by atoms with Gasteiger partial charge in [-0.15, -0.1) is 5.10 Å². The van der Waals surface area contributed by atoms with Crippen LogP contribution in [0.15, 0.2) is 35.5 Å². The number of hydrogen-bond donors (Lipinski definition) is 1. The Balaban J connectivity index is 1.51. The van der Waals surface area contributed by atoms with Gasteiger partial charge in [0.25, 0.3) is 5.16 Å². The van der Waals surface area contributed by atoms with Gasteiger partial charge in [-0.05, 0) is 31.4 Å². The van der Waals surface area contributed by atoms with E-state index in [-0.39, 0.29) is 16.1 Å². The van der Waals surface area contributed by atoms with Crippen LogP contribution in [0.2, 0.25) is 5.15 Å². The lowest BCUT2D eigenvalue weighted by Crippen LogP contribution is -2.08. The highest BCUT2D eigenvalue weighted by molar-refractivity contribution is 7.90. The first-order valence-corrected chi connectivity index (χ1v) is 11.9. The maximum atomic E-state index is 12.9. The van der Waals surface area contributed by atoms with Gasteiger partial charge in [-0.3, -0.25) is 5.10 Å². The lowest BCUT2D eigenvalue weighted by atomic mass is 10.0. The number of nitrogens with one attached hydrogen (secondary N) is 1. The SMILES string of the molecule is Cc1nn(-c2ccccc2)c(Cl)c1CS(=O)(=O)c1n[nH]c(CCC2CCCC2)n1. The van der Waals surface area contributed by atoms with Crippen LogP contribution in [0.25, 0.3) is 5.69 Å². The molecule has 0 bridgehead atoms. The molecule has 7 nitrogen and oxygen atoms in total. The van der Waals surface area contributed by atoms with Crippen molar-refractivity contribution in [1.29, 1.82) is 0 Å². The molecule has 1 aliphatic carbocycles. The zero-order valence-electron chi connectivity index (χ0n) is 16.3. The molecule has 1 saturated carbocycles. The van der Waals surface area contributed by atoms with Gasteiger partial charge < -0.3 is 0 Å². The molecule has 0 saturated heterocycles. The molecule has 0 amide bonds. The van der Waals surface area contributed by atoms with Crippen LogP contribution in [-0.2, 0) is 22.0 Å². The summed E-state index contributed by atoms with van der Waals surface area (Å²) >= 11 is 6.47. The second kappa shape index (κ2) is 8.28. The van der Waals surface area contributed by atoms with Crippen molar-refractivity contribution in [3.63, 3.8) is 0 Å². The number of rotatable bonds is 7. The number of sulfone groups is 1. The monoisotopic (exact) mass is 433 g/mol. The minimum Gasteiger partial charge on any atom is -0.262 e. The minimum atomic E-state index is -3.73. The van der Waals surface area contributed by atoms with Crippen molar-refractivity contribution in [3.8, 4) is 5.69 Å². The van der Waals surface area contributed by atoms with Gasteiger partial charge in [-0.2, -0.15) is 5.10 Å². The van der Waals surface area contributed by atoms with Crippen LogP contribution in [-0.4, -0.2) is 33.4 Å². The molecule has 0 unspecified atom stereocenters. The number of H-pyrrole nitrogens is 1. The van der Waals surface area contributed by atoms with E-state index >= 15 is 0 Å². The predicted molar refractivity (Wildman–Crippen MR) is 111 cm³/mol. The molecule has 0 spiro atoms. The molecule has 1 aromatic carbocycles. The lowest BCUT2D eigenvalue weighted by molar-refractivity contribution is 0.497. The van der Waals surface area contributed by atoms with E-state index in [1.807, 2.05) is 30.3 Å². The van der Waals surface area contributed by atoms with Crippen LogP contribution in [0.3, 0.4) is 0 Å². The van der Waals surface area contributed by atoms with E-state index in [4.69, 9.17) is 11.6 Å². The average Bonchev–Trinajstić information content (AvgIpc) is 3.45. The standard InChI is InChI=1S/C20H24ClN5O2S/c1-14-17(19(21)26(25-14)16-9-3-2-4-10-16)13-29(27,28)20-22-18(23-24-20)12-11-15-7-5-6-8-15/h2-4,9-10,15H,5-8,11-13H2,1H3,(H,22,23,24). The first kappa shape index (κ1) is 20.1. The van der Waals surface area contributed by atoms with E-state index in [1.165, 1.54) is 25.7 Å². The molecular weight excluding hydrogens is 410 g/mol. The Bertz CT molecular complexity index is 1090. The van der Waals surface area contributed by atoms with Crippen LogP contribution >= 0.6 is 11.6 Å². The third-order valence-corrected chi connectivity index (χ3v) is 7.31. The maximum Gasteiger partial charge on any atom is 0.267 e. The number of aromatic amines is 1. The van der Waals surface area contributed by atoms with Crippen LogP contribution in [0.4, 0.5) is 0 Å². The summed E-state index contributed by atoms with van der Waals surface area (Å²) in [5, 5.41) is 11.3. The Labute approximate surface area is 175 Å². The van der Waals surface area contributed by atoms with E-state index in [0.29, 0.717) is 23.0 Å². The fraction of sp³-hybridized carbons (Fsp3) is 0.450. The third-order valence-electron chi connectivity index (χ3n) is 5.51. The summed E-state index contributed by atoms with van der Waals surface area (Å²) in [7, 11) is -3.73. The van der Waals surface area contributed by atoms with Gasteiger partial charge in [0.1, 0.15) is 11.0 Å². The molecular formula is C20H24ClN5O2S. The van der Waals surface area contributed by atoms with Crippen molar-refractivity contribution < 1.29 is 8.42 Å². The number of aryl methyl sites for hydroxylation is 2. The highest BCUT2D eigenvalue weighted by Gasteiger charge is 2.26. The van der Waals surface area contributed by atoms with Gasteiger partial charge in [0.05, 0.1) is 17.1 Å². The molecule has 0 atom stereocenters. The summed E-state index contributed by atoms with van der Waals surface area (Å²) < 4.78 is 27.3. The van der Waals surface area contributed by atoms with Crippen LogP contribution in [0, 0.1) is 12.8 Å². The van der Waals surface area contributed by atoms with Crippen molar-refractivity contribution in [2.75, 3.05) is 0 Å². The summed E-state index contributed by atoms with van der Waals surface area (Å²) in [5.74, 6) is 1.05. The number of halogens is 1. The lowest BCUT2D eigenvalue weighted by Gasteiger charge is -2.05. The second-order valence-electron chi connectivity index (χ2n) is 7.62. The molecule has 2 aromatic heterocycles. The Morgan fingerprint density at radius 3 is 2.66 bits per heavy atom. The van der Waals surface area contributed by atoms with Crippen molar-refractivity contribution >= 4 is 21.4 Å². The molecule has 3 aromatic rings. The number of nitrogens with zero attached hydrogens (tertiary/aromatic N) is 4. The van der Waals surface area contributed by atoms with Crippen molar-refractivity contribution in [1.82, 2.24) is 25.0 Å². The molecule has 9 heteroatoms. The quantitative estimate of drug-likeness (QED) is 0.606. The fourth-order valence-electron chi connectivity index (χ4n) is 3.86. The first-order chi connectivity index (χ1) is 13.9. The zero-order chi connectivity index (χ0) is 20.4. The zero-order valence-corrected chi connectivity index (χ0v) is 17.9. The normalized spacial score (nSPS) is 15.2. The summed E-state index contributed by atoms with van der Waals surface area (Å²) in [4.78, 5) is 4.24. The highest BCUT2D eigenvalue weighted by atomic mass is 35.5. The Morgan fingerprint density at radius 1 is 1.21 bits per heavy atom. The van der Waals surface area contributed by atoms with Gasteiger partial charge in [-0.25, -0.2) is 18.1 Å². The number of aromatic nitrogens is 5. The van der Waals surface area contributed by atoms with Gasteiger partial charge in [0, 0.05) is 12.0 Å². The van der Waals surface area contributed by atoms with Crippen molar-refractivity contribution in [3.05, 3.63) is 52.6 Å². The van der Waals surface area contributed by atoms with E-state index in [1.54, 1.807) is 11.6 Å². The Kier molecular flexibility index (Phi) is 5.74. The average molecular weight is 434 g/mol. The predicted octanol–water partition coefficient (Wildman–Crippen LogP) is 4.05. The topological polar surface area (TPSA) is 93.5 Å². The van der Waals surface area contributed by atoms with Gasteiger partial charge in [0.2, 0.25) is 9.84 Å². The molecule has 1 fully saturated rings. The van der Waals surface area contributed by atoms with Crippen LogP contribution in [0.5, 0.6) is 0 Å². The van der Waals surface area contributed by atoms with Crippen LogP contribution in [0.1, 0.15) is 49.2 Å². The highest BCUT2D eigenvalue weighted by Crippen LogP contribution is 2.29. The van der Waals surface area contributed by atoms with Gasteiger partial charge >= 0.3 is 0 Å². The third kappa shape index (κ3) is 4.38. The van der Waals surface area contributed by atoms with E-state index in [0.717, 1.165) is 18.5 Å². The Hall–Kier alpha value is -2.19. The van der Waals surface area contributed by atoms with E-state index in [2.05, 4.69) is 20.3 Å². The van der Waals surface area contributed by atoms with Crippen LogP contribution < -0.4 is 0 Å². The second-order valence-corrected chi connectivity index (χ2v) is 9.86. The molecule has 1 aliphatic rings. The molecule has 0 aliphatic heterocycles. The largest absolute Gasteiger partial charge is 0.267 e. The fourth-order valence-corrected chi connectivity index (χ4v) is 5.57. The van der Waals surface area contributed by atoms with Gasteiger partial charge in [-0.1, -0.05) is 55.5 Å². The number of para-hydroxylation sites is 1. The van der Waals surface area contributed by atoms with Gasteiger partial charge in [0.15, 0.2) is 0 Å². The molecule has 29 heavy (non-hydrogen) atoms. The van der Waals surface area contributed by atoms with E-state index in [9.17, 15) is 8.42 Å². The molecule has 4 rings (SSSR count).